The van der Waals surface area contributed by atoms with Crippen LogP contribution in [0.4, 0.5) is 0 Å². The van der Waals surface area contributed by atoms with Gasteiger partial charge < -0.3 is 5.11 Å². The fraction of sp³-hybridized carbons (Fsp3) is 0.440. The van der Waals surface area contributed by atoms with Gasteiger partial charge in [-0.1, -0.05) is 67.0 Å². The van der Waals surface area contributed by atoms with Crippen LogP contribution in [0.2, 0.25) is 0 Å². The van der Waals surface area contributed by atoms with Crippen molar-refractivity contribution >= 4 is 6.08 Å². The van der Waals surface area contributed by atoms with Gasteiger partial charge in [-0.05, 0) is 74.8 Å². The topological polar surface area (TPSA) is 20.2 Å². The number of hydrogen-bond acceptors (Lipinski definition) is 1. The maximum atomic E-state index is 10.5. The molecule has 1 heteroatoms. The van der Waals surface area contributed by atoms with Crippen LogP contribution < -0.4 is 0 Å². The maximum absolute atomic E-state index is 10.5. The summed E-state index contributed by atoms with van der Waals surface area (Å²) < 4.78 is 0. The van der Waals surface area contributed by atoms with E-state index in [0.29, 0.717) is 11.8 Å². The van der Waals surface area contributed by atoms with Crippen LogP contribution in [-0.4, -0.2) is 10.7 Å². The Hall–Kier alpha value is -1.86. The van der Waals surface area contributed by atoms with Crippen molar-refractivity contribution in [2.24, 2.45) is 5.92 Å². The summed E-state index contributed by atoms with van der Waals surface area (Å²) >= 11 is 0. The molecule has 0 bridgehead atoms. The minimum atomic E-state index is -0.641. The molecule has 1 aliphatic rings. The van der Waals surface area contributed by atoms with Gasteiger partial charge >= 0.3 is 0 Å². The molecule has 1 N–H and O–H groups in total. The number of aryl methyl sites for hydroxylation is 2. The van der Waals surface area contributed by atoms with E-state index >= 15 is 0 Å². The molecule has 2 atom stereocenters. The van der Waals surface area contributed by atoms with Crippen LogP contribution in [0, 0.1) is 19.8 Å². The summed E-state index contributed by atoms with van der Waals surface area (Å²) in [5, 5.41) is 10.5. The van der Waals surface area contributed by atoms with E-state index in [0.717, 1.165) is 12.8 Å². The fourth-order valence-electron chi connectivity index (χ4n) is 4.62. The zero-order valence-electron chi connectivity index (χ0n) is 17.1. The third-order valence-corrected chi connectivity index (χ3v) is 5.77. The number of hydrogen-bond donors (Lipinski definition) is 1. The Balaban J connectivity index is 2.15. The summed E-state index contributed by atoms with van der Waals surface area (Å²) in [6, 6.07) is 13.4. The van der Waals surface area contributed by atoms with Crippen molar-refractivity contribution < 1.29 is 5.11 Å². The van der Waals surface area contributed by atoms with Crippen molar-refractivity contribution in [3.63, 3.8) is 0 Å². The van der Waals surface area contributed by atoms with Gasteiger partial charge in [0.2, 0.25) is 0 Å². The van der Waals surface area contributed by atoms with Gasteiger partial charge in [0.15, 0.2) is 0 Å². The second-order valence-electron chi connectivity index (χ2n) is 8.68. The van der Waals surface area contributed by atoms with E-state index in [4.69, 9.17) is 0 Å². The van der Waals surface area contributed by atoms with Crippen LogP contribution in [0.5, 0.6) is 0 Å². The first-order valence-electron chi connectivity index (χ1n) is 9.82. The lowest BCUT2D eigenvalue weighted by Gasteiger charge is -2.32. The van der Waals surface area contributed by atoms with Gasteiger partial charge in [0.05, 0.1) is 5.60 Å². The van der Waals surface area contributed by atoms with E-state index in [1.165, 1.54) is 39.0 Å². The predicted octanol–water partition coefficient (Wildman–Crippen LogP) is 6.66. The Morgan fingerprint density at radius 1 is 1.00 bits per heavy atom. The second kappa shape index (κ2) is 7.04. The molecule has 0 aliphatic heterocycles. The van der Waals surface area contributed by atoms with Crippen LogP contribution in [0.25, 0.3) is 17.2 Å². The van der Waals surface area contributed by atoms with E-state index in [9.17, 15) is 5.11 Å². The molecular formula is C25H32O. The van der Waals surface area contributed by atoms with Gasteiger partial charge in [-0.25, -0.2) is 0 Å². The molecular weight excluding hydrogens is 316 g/mol. The Morgan fingerprint density at radius 2 is 1.65 bits per heavy atom. The van der Waals surface area contributed by atoms with Crippen LogP contribution in [0.1, 0.15) is 68.7 Å². The molecule has 0 spiro atoms. The zero-order valence-corrected chi connectivity index (χ0v) is 17.1. The summed E-state index contributed by atoms with van der Waals surface area (Å²) in [6.45, 7) is 12.7. The van der Waals surface area contributed by atoms with E-state index in [2.05, 4.69) is 70.2 Å². The van der Waals surface area contributed by atoms with E-state index in [1.54, 1.807) is 0 Å². The zero-order chi connectivity index (χ0) is 19.1. The lowest BCUT2D eigenvalue weighted by atomic mass is 9.74. The Labute approximate surface area is 158 Å². The van der Waals surface area contributed by atoms with Crippen molar-refractivity contribution in [1.29, 1.82) is 0 Å². The third-order valence-electron chi connectivity index (χ3n) is 5.77. The van der Waals surface area contributed by atoms with Crippen molar-refractivity contribution in [3.05, 3.63) is 64.2 Å². The number of benzene rings is 2. The number of fused-ring (bicyclic) bond motifs is 1. The number of rotatable bonds is 5. The standard InChI is InChI=1S/C25H32O/c1-7-19(15-25(5,6)26)23-18(4)14-21-13-10-17(3)22(24(21)23)20-11-8-16(2)9-12-20/h8-14,19,23,26H,7,15H2,1-6H3/t19-,23?/m1/s1. The molecule has 0 heterocycles. The van der Waals surface area contributed by atoms with E-state index in [-0.39, 0.29) is 0 Å². The summed E-state index contributed by atoms with van der Waals surface area (Å²) in [6.07, 6.45) is 4.24. The number of aliphatic hydroxyl groups is 1. The molecule has 0 aromatic heterocycles. The van der Waals surface area contributed by atoms with Gasteiger partial charge in [-0.15, -0.1) is 0 Å². The monoisotopic (exact) mass is 348 g/mol. The molecule has 1 nitrogen and oxygen atoms in total. The molecule has 1 unspecified atom stereocenters. The smallest absolute Gasteiger partial charge is 0.0594 e. The summed E-state index contributed by atoms with van der Waals surface area (Å²) in [5.74, 6) is 0.830. The Morgan fingerprint density at radius 3 is 2.23 bits per heavy atom. The van der Waals surface area contributed by atoms with E-state index in [1.807, 2.05) is 13.8 Å². The van der Waals surface area contributed by atoms with Crippen LogP contribution in [-0.2, 0) is 0 Å². The Bertz CT molecular complexity index is 818. The SMILES string of the molecule is CC[C@H](CC(C)(C)O)C1C(C)=Cc2ccc(C)c(-c3ccc(C)cc3)c21. The normalized spacial score (nSPS) is 17.8. The average molecular weight is 349 g/mol. The third kappa shape index (κ3) is 3.64. The van der Waals surface area contributed by atoms with Crippen molar-refractivity contribution in [1.82, 2.24) is 0 Å². The summed E-state index contributed by atoms with van der Waals surface area (Å²) in [4.78, 5) is 0. The lowest BCUT2D eigenvalue weighted by Crippen LogP contribution is -2.26. The molecule has 1 aliphatic carbocycles. The largest absolute Gasteiger partial charge is 0.390 e. The van der Waals surface area contributed by atoms with Crippen molar-refractivity contribution in [2.45, 2.75) is 65.9 Å². The van der Waals surface area contributed by atoms with Crippen LogP contribution in [0.3, 0.4) is 0 Å². The average Bonchev–Trinajstić information content (AvgIpc) is 2.89. The fourth-order valence-corrected chi connectivity index (χ4v) is 4.62. The van der Waals surface area contributed by atoms with E-state index < -0.39 is 5.60 Å². The van der Waals surface area contributed by atoms with Crippen LogP contribution >= 0.6 is 0 Å². The molecule has 0 amide bonds. The van der Waals surface area contributed by atoms with Gasteiger partial charge in [-0.3, -0.25) is 0 Å². The Kier molecular flexibility index (Phi) is 5.12. The lowest BCUT2D eigenvalue weighted by molar-refractivity contribution is 0.0489. The molecule has 0 saturated heterocycles. The molecule has 2 aromatic rings. The highest BCUT2D eigenvalue weighted by Gasteiger charge is 2.34. The first-order chi connectivity index (χ1) is 12.2. The first kappa shape index (κ1) is 18.9. The molecule has 0 saturated carbocycles. The van der Waals surface area contributed by atoms with Gasteiger partial charge in [-0.2, -0.15) is 0 Å². The number of allylic oxidation sites excluding steroid dienone is 1. The molecule has 2 aromatic carbocycles. The summed E-state index contributed by atoms with van der Waals surface area (Å²) in [5.41, 5.74) is 8.90. The molecule has 138 valence electrons. The van der Waals surface area contributed by atoms with Crippen LogP contribution in [0.15, 0.2) is 42.0 Å². The predicted molar refractivity (Wildman–Crippen MR) is 112 cm³/mol. The molecule has 3 rings (SSSR count). The second-order valence-corrected chi connectivity index (χ2v) is 8.68. The molecule has 0 fully saturated rings. The first-order valence-corrected chi connectivity index (χ1v) is 9.82. The van der Waals surface area contributed by atoms with Gasteiger partial charge in [0.25, 0.3) is 0 Å². The van der Waals surface area contributed by atoms with Gasteiger partial charge in [0.1, 0.15) is 0 Å². The highest BCUT2D eigenvalue weighted by Crippen LogP contribution is 2.49. The highest BCUT2D eigenvalue weighted by atomic mass is 16.3. The maximum Gasteiger partial charge on any atom is 0.0594 e. The quantitative estimate of drug-likeness (QED) is 0.640. The molecule has 0 radical (unpaired) electrons. The summed E-state index contributed by atoms with van der Waals surface area (Å²) in [7, 11) is 0. The highest BCUT2D eigenvalue weighted by molar-refractivity contribution is 5.81. The van der Waals surface area contributed by atoms with Gasteiger partial charge in [0, 0.05) is 5.92 Å². The molecule has 26 heavy (non-hydrogen) atoms. The minimum Gasteiger partial charge on any atom is -0.390 e. The van der Waals surface area contributed by atoms with Crippen molar-refractivity contribution in [3.8, 4) is 11.1 Å². The van der Waals surface area contributed by atoms with Crippen molar-refractivity contribution in [2.75, 3.05) is 0 Å². The minimum absolute atomic E-state index is 0.387.